The Bertz CT molecular complexity index is 1510. The van der Waals surface area contributed by atoms with Crippen LogP contribution in [0.1, 0.15) is 32.7 Å². The highest BCUT2D eigenvalue weighted by molar-refractivity contribution is 5.96. The first kappa shape index (κ1) is 23.3. The molecule has 6 rings (SSSR count). The summed E-state index contributed by atoms with van der Waals surface area (Å²) in [5, 5.41) is 10.7. The van der Waals surface area contributed by atoms with Crippen LogP contribution in [0.5, 0.6) is 0 Å². The quantitative estimate of drug-likeness (QED) is 0.413. The highest BCUT2D eigenvalue weighted by atomic mass is 16.2. The van der Waals surface area contributed by atoms with E-state index < -0.39 is 0 Å². The van der Waals surface area contributed by atoms with Crippen molar-refractivity contribution in [1.82, 2.24) is 14.4 Å². The number of anilines is 1. The molecule has 6 nitrogen and oxygen atoms in total. The van der Waals surface area contributed by atoms with Gasteiger partial charge in [0.25, 0.3) is 5.91 Å². The number of piperazine rings is 1. The van der Waals surface area contributed by atoms with E-state index in [-0.39, 0.29) is 5.91 Å². The minimum atomic E-state index is 0.119. The van der Waals surface area contributed by atoms with Crippen molar-refractivity contribution in [1.29, 1.82) is 5.26 Å². The summed E-state index contributed by atoms with van der Waals surface area (Å²) < 4.78 is 2.34. The topological polar surface area (TPSA) is 55.5 Å². The lowest BCUT2D eigenvalue weighted by Crippen LogP contribution is -2.46. The van der Waals surface area contributed by atoms with E-state index in [0.29, 0.717) is 6.54 Å². The second-order valence-electron chi connectivity index (χ2n) is 10.1. The summed E-state index contributed by atoms with van der Waals surface area (Å²) in [6.45, 7) is 8.67. The predicted molar refractivity (Wildman–Crippen MR) is 147 cm³/mol. The largest absolute Gasteiger partial charge is 0.368 e. The van der Waals surface area contributed by atoms with Crippen LogP contribution in [0.4, 0.5) is 5.69 Å². The molecule has 0 spiro atoms. The molecule has 0 saturated carbocycles. The zero-order valence-electron chi connectivity index (χ0n) is 21.2. The van der Waals surface area contributed by atoms with Crippen LogP contribution >= 0.6 is 0 Å². The molecule has 3 heterocycles. The Morgan fingerprint density at radius 1 is 0.892 bits per heavy atom. The molecule has 2 aliphatic heterocycles. The Balaban J connectivity index is 1.13. The normalized spacial score (nSPS) is 16.0. The maximum atomic E-state index is 13.6. The summed E-state index contributed by atoms with van der Waals surface area (Å²) in [7, 11) is 0. The van der Waals surface area contributed by atoms with Crippen LogP contribution in [0.25, 0.3) is 10.9 Å². The van der Waals surface area contributed by atoms with Crippen molar-refractivity contribution in [3.05, 3.63) is 101 Å². The summed E-state index contributed by atoms with van der Waals surface area (Å²) in [5.41, 5.74) is 7.21. The zero-order chi connectivity index (χ0) is 25.4. The molecule has 37 heavy (non-hydrogen) atoms. The molecule has 0 N–H and O–H groups in total. The van der Waals surface area contributed by atoms with Crippen molar-refractivity contribution in [2.75, 3.05) is 37.6 Å². The van der Waals surface area contributed by atoms with E-state index >= 15 is 0 Å². The summed E-state index contributed by atoms with van der Waals surface area (Å²) >= 11 is 0. The lowest BCUT2D eigenvalue weighted by molar-refractivity contribution is 0.0711. The summed E-state index contributed by atoms with van der Waals surface area (Å²) in [5.74, 6) is 0.119. The third-order valence-electron chi connectivity index (χ3n) is 7.81. The van der Waals surface area contributed by atoms with Gasteiger partial charge in [-0.25, -0.2) is 0 Å². The van der Waals surface area contributed by atoms with E-state index in [0.717, 1.165) is 68.2 Å². The van der Waals surface area contributed by atoms with Crippen molar-refractivity contribution in [3.8, 4) is 6.07 Å². The minimum Gasteiger partial charge on any atom is -0.368 e. The third-order valence-corrected chi connectivity index (χ3v) is 7.81. The maximum Gasteiger partial charge on any atom is 0.254 e. The lowest BCUT2D eigenvalue weighted by atomic mass is 10.0. The molecule has 0 unspecified atom stereocenters. The predicted octanol–water partition coefficient (Wildman–Crippen LogP) is 4.80. The highest BCUT2D eigenvalue weighted by Crippen LogP contribution is 2.26. The molecule has 1 fully saturated rings. The molecule has 1 aromatic heterocycles. The summed E-state index contributed by atoms with van der Waals surface area (Å²) in [6.07, 6.45) is 0. The SMILES string of the molecule is Cc1ccc(CN2CCN(c3ccccc3C#N)CC2)cc1C(=O)N1CCn2c(cc3ccccc32)C1. The molecule has 6 heteroatoms. The zero-order valence-corrected chi connectivity index (χ0v) is 21.2. The number of hydrogen-bond acceptors (Lipinski definition) is 4. The second-order valence-corrected chi connectivity index (χ2v) is 10.1. The van der Waals surface area contributed by atoms with Gasteiger partial charge in [-0.1, -0.05) is 42.5 Å². The van der Waals surface area contributed by atoms with Gasteiger partial charge in [0.05, 0.1) is 17.8 Å². The number of amides is 1. The Hall–Kier alpha value is -4.08. The average molecular weight is 490 g/mol. The monoisotopic (exact) mass is 489 g/mol. The molecule has 1 saturated heterocycles. The number of carbonyl (C=O) groups is 1. The smallest absolute Gasteiger partial charge is 0.254 e. The van der Waals surface area contributed by atoms with E-state index in [1.807, 2.05) is 36.1 Å². The van der Waals surface area contributed by atoms with Crippen LogP contribution in [0.2, 0.25) is 0 Å². The number of benzene rings is 3. The van der Waals surface area contributed by atoms with Gasteiger partial charge in [0.15, 0.2) is 0 Å². The Kier molecular flexibility index (Phi) is 6.15. The molecule has 0 bridgehead atoms. The fourth-order valence-electron chi connectivity index (χ4n) is 5.75. The van der Waals surface area contributed by atoms with E-state index in [2.05, 4.69) is 69.0 Å². The molecule has 3 aromatic carbocycles. The van der Waals surface area contributed by atoms with Crippen molar-refractivity contribution in [3.63, 3.8) is 0 Å². The van der Waals surface area contributed by atoms with Gasteiger partial charge in [-0.2, -0.15) is 5.26 Å². The standard InChI is InChI=1S/C31H31N5O/c1-23-10-11-24(21-33-12-14-34(15-13-33)29-8-4-3-7-26(29)20-32)18-28(23)31(37)35-16-17-36-27(22-35)19-25-6-2-5-9-30(25)36/h2-11,18-19H,12-17,21-22H2,1H3. The first-order valence-electron chi connectivity index (χ1n) is 13.0. The number of aromatic nitrogens is 1. The molecule has 0 radical (unpaired) electrons. The summed E-state index contributed by atoms with van der Waals surface area (Å²) in [4.78, 5) is 20.3. The molecular formula is C31H31N5O. The van der Waals surface area contributed by atoms with E-state index in [4.69, 9.17) is 0 Å². The van der Waals surface area contributed by atoms with Crippen molar-refractivity contribution in [2.24, 2.45) is 0 Å². The first-order chi connectivity index (χ1) is 18.1. The first-order valence-corrected chi connectivity index (χ1v) is 13.0. The number of nitriles is 1. The van der Waals surface area contributed by atoms with Gasteiger partial charge in [-0.3, -0.25) is 9.69 Å². The molecule has 0 atom stereocenters. The summed E-state index contributed by atoms with van der Waals surface area (Å²) in [6, 6.07) is 27.1. The van der Waals surface area contributed by atoms with Gasteiger partial charge in [-0.15, -0.1) is 0 Å². The second kappa shape index (κ2) is 9.76. The van der Waals surface area contributed by atoms with Crippen LogP contribution in [-0.4, -0.2) is 53.0 Å². The van der Waals surface area contributed by atoms with Crippen LogP contribution in [0.3, 0.4) is 0 Å². The van der Waals surface area contributed by atoms with Crippen molar-refractivity contribution < 1.29 is 4.79 Å². The number of para-hydroxylation sites is 2. The van der Waals surface area contributed by atoms with Gasteiger partial charge < -0.3 is 14.4 Å². The Labute approximate surface area is 217 Å². The number of rotatable bonds is 4. The van der Waals surface area contributed by atoms with Crippen LogP contribution < -0.4 is 4.90 Å². The number of fused-ring (bicyclic) bond motifs is 3. The molecule has 0 aliphatic carbocycles. The van der Waals surface area contributed by atoms with Crippen molar-refractivity contribution >= 4 is 22.5 Å². The van der Waals surface area contributed by atoms with E-state index in [1.54, 1.807) is 0 Å². The van der Waals surface area contributed by atoms with Gasteiger partial charge >= 0.3 is 0 Å². The number of aryl methyl sites for hydroxylation is 1. The number of carbonyl (C=O) groups excluding carboxylic acids is 1. The van der Waals surface area contributed by atoms with Crippen LogP contribution in [0, 0.1) is 18.3 Å². The number of hydrogen-bond donors (Lipinski definition) is 0. The molecular weight excluding hydrogens is 458 g/mol. The fourth-order valence-corrected chi connectivity index (χ4v) is 5.75. The van der Waals surface area contributed by atoms with E-state index in [9.17, 15) is 10.1 Å². The molecule has 4 aromatic rings. The van der Waals surface area contributed by atoms with Crippen LogP contribution in [0.15, 0.2) is 72.8 Å². The van der Waals surface area contributed by atoms with Crippen molar-refractivity contribution in [2.45, 2.75) is 26.6 Å². The molecule has 186 valence electrons. The molecule has 2 aliphatic rings. The average Bonchev–Trinajstić information content (AvgIpc) is 3.32. The Morgan fingerprint density at radius 3 is 2.51 bits per heavy atom. The van der Waals surface area contributed by atoms with Crippen LogP contribution in [-0.2, 0) is 19.6 Å². The van der Waals surface area contributed by atoms with Gasteiger partial charge in [0.2, 0.25) is 0 Å². The number of nitrogens with zero attached hydrogens (tertiary/aromatic N) is 5. The highest BCUT2D eigenvalue weighted by Gasteiger charge is 2.25. The fraction of sp³-hybridized carbons (Fsp3) is 0.290. The van der Waals surface area contributed by atoms with Gasteiger partial charge in [-0.05, 0) is 53.8 Å². The maximum absolute atomic E-state index is 13.6. The van der Waals surface area contributed by atoms with E-state index in [1.165, 1.54) is 22.2 Å². The molecule has 1 amide bonds. The lowest BCUT2D eigenvalue weighted by Gasteiger charge is -2.36. The Morgan fingerprint density at radius 2 is 1.68 bits per heavy atom. The van der Waals surface area contributed by atoms with Gasteiger partial charge in [0.1, 0.15) is 6.07 Å². The third kappa shape index (κ3) is 4.47. The minimum absolute atomic E-state index is 0.119. The van der Waals surface area contributed by atoms with Gasteiger partial charge in [0, 0.05) is 62.6 Å².